The fourth-order valence-corrected chi connectivity index (χ4v) is 2.77. The van der Waals surface area contributed by atoms with Gasteiger partial charge in [-0.05, 0) is 19.9 Å². The topological polar surface area (TPSA) is 94.6 Å². The van der Waals surface area contributed by atoms with Crippen LogP contribution in [0.2, 0.25) is 0 Å². The molecule has 1 saturated heterocycles. The van der Waals surface area contributed by atoms with E-state index in [-0.39, 0.29) is 17.8 Å². The van der Waals surface area contributed by atoms with E-state index in [1.807, 2.05) is 0 Å². The van der Waals surface area contributed by atoms with Gasteiger partial charge in [0.05, 0.1) is 6.04 Å². The van der Waals surface area contributed by atoms with Crippen molar-refractivity contribution in [2.75, 3.05) is 26.2 Å². The highest BCUT2D eigenvalue weighted by atomic mass is 32.1. The standard InChI is InChI=1S/C12H18N4O3S/c1-8(10-15-9(7-20-10)11(17)18)14-12(19)16-5-2-3-13-4-6-16/h7-8,13H,2-6H2,1H3,(H,14,19)(H,17,18). The number of amides is 2. The van der Waals surface area contributed by atoms with Gasteiger partial charge < -0.3 is 20.6 Å². The normalized spacial score (nSPS) is 17.4. The van der Waals surface area contributed by atoms with E-state index in [1.54, 1.807) is 11.8 Å². The molecule has 3 N–H and O–H groups in total. The lowest BCUT2D eigenvalue weighted by atomic mass is 10.3. The number of carboxylic acids is 1. The van der Waals surface area contributed by atoms with Gasteiger partial charge in [0.1, 0.15) is 5.01 Å². The molecule has 1 fully saturated rings. The second kappa shape index (κ2) is 6.67. The van der Waals surface area contributed by atoms with Crippen LogP contribution in [0.25, 0.3) is 0 Å². The summed E-state index contributed by atoms with van der Waals surface area (Å²) in [7, 11) is 0. The average Bonchev–Trinajstić information content (AvgIpc) is 2.75. The Balaban J connectivity index is 1.93. The summed E-state index contributed by atoms with van der Waals surface area (Å²) in [6.07, 6.45) is 0.933. The molecule has 0 aromatic carbocycles. The molecular weight excluding hydrogens is 280 g/mol. The molecule has 7 nitrogen and oxygen atoms in total. The molecule has 2 heterocycles. The lowest BCUT2D eigenvalue weighted by molar-refractivity contribution is 0.0691. The summed E-state index contributed by atoms with van der Waals surface area (Å²) in [5.74, 6) is -1.05. The number of aromatic carboxylic acids is 1. The van der Waals surface area contributed by atoms with Crippen molar-refractivity contribution in [2.45, 2.75) is 19.4 Å². The average molecular weight is 298 g/mol. The number of hydrogen-bond donors (Lipinski definition) is 3. The van der Waals surface area contributed by atoms with Gasteiger partial charge >= 0.3 is 12.0 Å². The van der Waals surface area contributed by atoms with Crippen LogP contribution in [0.1, 0.15) is 34.9 Å². The van der Waals surface area contributed by atoms with Crippen molar-refractivity contribution in [1.82, 2.24) is 20.5 Å². The van der Waals surface area contributed by atoms with Crippen LogP contribution in [-0.2, 0) is 0 Å². The van der Waals surface area contributed by atoms with Crippen molar-refractivity contribution in [3.8, 4) is 0 Å². The highest BCUT2D eigenvalue weighted by Gasteiger charge is 2.20. The quantitative estimate of drug-likeness (QED) is 0.771. The Morgan fingerprint density at radius 2 is 2.30 bits per heavy atom. The molecule has 8 heteroatoms. The molecular formula is C12H18N4O3S. The summed E-state index contributed by atoms with van der Waals surface area (Å²) in [6, 6.07) is -0.426. The lowest BCUT2D eigenvalue weighted by Crippen LogP contribution is -2.42. The molecule has 0 saturated carbocycles. The number of hydrogen-bond acceptors (Lipinski definition) is 5. The largest absolute Gasteiger partial charge is 0.476 e. The zero-order valence-electron chi connectivity index (χ0n) is 11.3. The highest BCUT2D eigenvalue weighted by Crippen LogP contribution is 2.18. The van der Waals surface area contributed by atoms with Crippen LogP contribution in [0, 0.1) is 0 Å². The number of aromatic nitrogens is 1. The predicted octanol–water partition coefficient (Wildman–Crippen LogP) is 0.907. The zero-order valence-corrected chi connectivity index (χ0v) is 12.1. The number of carbonyl (C=O) groups excluding carboxylic acids is 1. The van der Waals surface area contributed by atoms with Gasteiger partial charge in [-0.25, -0.2) is 14.6 Å². The first-order chi connectivity index (χ1) is 9.58. The molecule has 2 amide bonds. The van der Waals surface area contributed by atoms with E-state index in [0.29, 0.717) is 11.6 Å². The molecule has 1 aromatic heterocycles. The fraction of sp³-hybridized carbons (Fsp3) is 0.583. The van der Waals surface area contributed by atoms with E-state index < -0.39 is 5.97 Å². The Bertz CT molecular complexity index is 483. The SMILES string of the molecule is CC(NC(=O)N1CCCNCC1)c1nc(C(=O)O)cs1. The number of urea groups is 1. The summed E-state index contributed by atoms with van der Waals surface area (Å²) in [5.41, 5.74) is 0.0186. The Labute approximate surface area is 121 Å². The minimum Gasteiger partial charge on any atom is -0.476 e. The molecule has 1 atom stereocenters. The summed E-state index contributed by atoms with van der Waals surface area (Å²) >= 11 is 1.24. The molecule has 0 bridgehead atoms. The minimum absolute atomic E-state index is 0.0186. The van der Waals surface area contributed by atoms with E-state index in [2.05, 4.69) is 15.6 Å². The molecule has 0 radical (unpaired) electrons. The first kappa shape index (κ1) is 14.7. The third-order valence-electron chi connectivity index (χ3n) is 3.08. The fourth-order valence-electron chi connectivity index (χ4n) is 1.97. The van der Waals surface area contributed by atoms with Crippen molar-refractivity contribution in [1.29, 1.82) is 0 Å². The maximum Gasteiger partial charge on any atom is 0.355 e. The lowest BCUT2D eigenvalue weighted by Gasteiger charge is -2.22. The highest BCUT2D eigenvalue weighted by molar-refractivity contribution is 7.09. The van der Waals surface area contributed by atoms with Crippen molar-refractivity contribution < 1.29 is 14.7 Å². The van der Waals surface area contributed by atoms with Crippen LogP contribution < -0.4 is 10.6 Å². The third kappa shape index (κ3) is 3.67. The molecule has 0 spiro atoms. The van der Waals surface area contributed by atoms with Crippen LogP contribution >= 0.6 is 11.3 Å². The summed E-state index contributed by atoms with van der Waals surface area (Å²) in [4.78, 5) is 28.7. The summed E-state index contributed by atoms with van der Waals surface area (Å²) in [6.45, 7) is 4.93. The van der Waals surface area contributed by atoms with Crippen molar-refractivity contribution >= 4 is 23.3 Å². The maximum atomic E-state index is 12.1. The second-order valence-corrected chi connectivity index (χ2v) is 5.53. The summed E-state index contributed by atoms with van der Waals surface area (Å²) < 4.78 is 0. The van der Waals surface area contributed by atoms with Crippen LogP contribution in [0.5, 0.6) is 0 Å². The molecule has 2 rings (SSSR count). The monoisotopic (exact) mass is 298 g/mol. The smallest absolute Gasteiger partial charge is 0.355 e. The predicted molar refractivity (Wildman–Crippen MR) is 75.1 cm³/mol. The molecule has 110 valence electrons. The van der Waals surface area contributed by atoms with E-state index in [1.165, 1.54) is 16.7 Å². The van der Waals surface area contributed by atoms with Gasteiger partial charge in [-0.15, -0.1) is 11.3 Å². The maximum absolute atomic E-state index is 12.1. The number of nitrogens with one attached hydrogen (secondary N) is 2. The van der Waals surface area contributed by atoms with Gasteiger partial charge in [0.15, 0.2) is 5.69 Å². The van der Waals surface area contributed by atoms with Crippen LogP contribution in [0.15, 0.2) is 5.38 Å². The number of rotatable bonds is 3. The van der Waals surface area contributed by atoms with Crippen molar-refractivity contribution in [2.24, 2.45) is 0 Å². The molecule has 0 aliphatic carbocycles. The Morgan fingerprint density at radius 1 is 1.50 bits per heavy atom. The van der Waals surface area contributed by atoms with Gasteiger partial charge in [0, 0.05) is 25.0 Å². The van der Waals surface area contributed by atoms with Crippen molar-refractivity contribution in [3.63, 3.8) is 0 Å². The number of nitrogens with zero attached hydrogens (tertiary/aromatic N) is 2. The zero-order chi connectivity index (χ0) is 14.5. The molecule has 1 aromatic rings. The Kier molecular flexibility index (Phi) is 4.91. The van der Waals surface area contributed by atoms with Crippen LogP contribution in [-0.4, -0.2) is 53.2 Å². The number of carboxylic acid groups (broad SMARTS) is 1. The van der Waals surface area contributed by atoms with Gasteiger partial charge in [-0.1, -0.05) is 0 Å². The van der Waals surface area contributed by atoms with E-state index in [4.69, 9.17) is 5.11 Å². The molecule has 1 aliphatic heterocycles. The molecule has 20 heavy (non-hydrogen) atoms. The van der Waals surface area contributed by atoms with E-state index >= 15 is 0 Å². The number of thiazole rings is 1. The van der Waals surface area contributed by atoms with Gasteiger partial charge in [0.2, 0.25) is 0 Å². The Hall–Kier alpha value is -1.67. The molecule has 1 aliphatic rings. The van der Waals surface area contributed by atoms with Gasteiger partial charge in [-0.2, -0.15) is 0 Å². The molecule has 1 unspecified atom stereocenters. The van der Waals surface area contributed by atoms with Gasteiger partial charge in [-0.3, -0.25) is 0 Å². The number of carbonyl (C=O) groups is 2. The van der Waals surface area contributed by atoms with E-state index in [9.17, 15) is 9.59 Å². The Morgan fingerprint density at radius 3 is 3.00 bits per heavy atom. The second-order valence-electron chi connectivity index (χ2n) is 4.64. The minimum atomic E-state index is -1.05. The first-order valence-corrected chi connectivity index (χ1v) is 7.41. The third-order valence-corrected chi connectivity index (χ3v) is 4.11. The van der Waals surface area contributed by atoms with Crippen molar-refractivity contribution in [3.05, 3.63) is 16.1 Å². The summed E-state index contributed by atoms with van der Waals surface area (Å²) in [5, 5.41) is 17.0. The van der Waals surface area contributed by atoms with Crippen LogP contribution in [0.4, 0.5) is 4.79 Å². The van der Waals surface area contributed by atoms with E-state index in [0.717, 1.165) is 26.1 Å². The van der Waals surface area contributed by atoms with Crippen LogP contribution in [0.3, 0.4) is 0 Å². The van der Waals surface area contributed by atoms with Gasteiger partial charge in [0.25, 0.3) is 0 Å². The first-order valence-electron chi connectivity index (χ1n) is 6.53.